The van der Waals surface area contributed by atoms with E-state index in [9.17, 15) is 4.79 Å². The van der Waals surface area contributed by atoms with Gasteiger partial charge in [0.25, 0.3) is 0 Å². The molecule has 0 aromatic heterocycles. The smallest absolute Gasteiger partial charge is 0.332 e. The van der Waals surface area contributed by atoms with E-state index in [1.54, 1.807) is 6.92 Å². The van der Waals surface area contributed by atoms with Crippen molar-refractivity contribution in [3.8, 4) is 0 Å². The summed E-state index contributed by atoms with van der Waals surface area (Å²) in [7, 11) is 0. The zero-order chi connectivity index (χ0) is 13.8. The first kappa shape index (κ1) is 15.2. The van der Waals surface area contributed by atoms with Crippen LogP contribution in [-0.2, 0) is 14.3 Å². The average Bonchev–Trinajstić information content (AvgIpc) is 2.28. The van der Waals surface area contributed by atoms with Gasteiger partial charge in [0, 0.05) is 6.08 Å². The molecule has 1 atom stereocenters. The molecule has 0 radical (unpaired) electrons. The summed E-state index contributed by atoms with van der Waals surface area (Å²) in [4.78, 5) is 11.1. The van der Waals surface area contributed by atoms with Crippen LogP contribution in [0.15, 0.2) is 12.7 Å². The molecule has 1 aliphatic carbocycles. The lowest BCUT2D eigenvalue weighted by molar-refractivity contribution is -0.209. The second-order valence-corrected chi connectivity index (χ2v) is 5.89. The molecule has 1 fully saturated rings. The van der Waals surface area contributed by atoms with Crippen LogP contribution in [0.2, 0.25) is 0 Å². The molecule has 1 rings (SSSR count). The van der Waals surface area contributed by atoms with Gasteiger partial charge >= 0.3 is 5.97 Å². The average molecular weight is 254 g/mol. The van der Waals surface area contributed by atoms with Gasteiger partial charge in [0.2, 0.25) is 6.29 Å². The molecule has 1 saturated carbocycles. The lowest BCUT2D eigenvalue weighted by Gasteiger charge is -2.39. The summed E-state index contributed by atoms with van der Waals surface area (Å²) in [5.74, 6) is 0.933. The highest BCUT2D eigenvalue weighted by Crippen LogP contribution is 2.37. The van der Waals surface area contributed by atoms with Crippen LogP contribution in [0.4, 0.5) is 0 Å². The van der Waals surface area contributed by atoms with Crippen LogP contribution in [0.5, 0.6) is 0 Å². The Morgan fingerprint density at radius 3 is 2.39 bits per heavy atom. The zero-order valence-electron chi connectivity index (χ0n) is 12.1. The second kappa shape index (κ2) is 6.37. The molecule has 104 valence electrons. The normalized spacial score (nSPS) is 26.4. The van der Waals surface area contributed by atoms with Gasteiger partial charge in [-0.2, -0.15) is 0 Å². The van der Waals surface area contributed by atoms with Crippen LogP contribution < -0.4 is 0 Å². The van der Waals surface area contributed by atoms with E-state index >= 15 is 0 Å². The highest BCUT2D eigenvalue weighted by atomic mass is 16.7. The lowest BCUT2D eigenvalue weighted by atomic mass is 9.75. The molecule has 0 bridgehead atoms. The Morgan fingerprint density at radius 2 is 1.89 bits per heavy atom. The van der Waals surface area contributed by atoms with Gasteiger partial charge in [-0.25, -0.2) is 4.79 Å². The van der Waals surface area contributed by atoms with Crippen molar-refractivity contribution >= 4 is 5.97 Å². The van der Waals surface area contributed by atoms with Crippen LogP contribution >= 0.6 is 0 Å². The lowest BCUT2D eigenvalue weighted by Crippen LogP contribution is -2.40. The van der Waals surface area contributed by atoms with E-state index in [0.717, 1.165) is 12.0 Å². The molecular formula is C15H26O3. The van der Waals surface area contributed by atoms with Crippen LogP contribution in [0.3, 0.4) is 0 Å². The maximum absolute atomic E-state index is 11.1. The largest absolute Gasteiger partial charge is 0.433 e. The minimum Gasteiger partial charge on any atom is -0.433 e. The Bertz CT molecular complexity index is 288. The number of hydrogen-bond donors (Lipinski definition) is 0. The van der Waals surface area contributed by atoms with Gasteiger partial charge in [-0.05, 0) is 45.4 Å². The summed E-state index contributed by atoms with van der Waals surface area (Å²) in [6.07, 6.45) is 5.54. The predicted molar refractivity (Wildman–Crippen MR) is 72.0 cm³/mol. The summed E-state index contributed by atoms with van der Waals surface area (Å²) in [6, 6.07) is 0. The summed E-state index contributed by atoms with van der Waals surface area (Å²) in [5.41, 5.74) is -0.249. The van der Waals surface area contributed by atoms with Crippen LogP contribution in [0.1, 0.15) is 53.4 Å². The molecule has 0 N–H and O–H groups in total. The van der Waals surface area contributed by atoms with Gasteiger partial charge in [0.15, 0.2) is 0 Å². The van der Waals surface area contributed by atoms with E-state index in [0.29, 0.717) is 5.92 Å². The number of rotatable bonds is 5. The molecule has 18 heavy (non-hydrogen) atoms. The van der Waals surface area contributed by atoms with Gasteiger partial charge in [0.05, 0.1) is 5.60 Å². The molecule has 0 saturated heterocycles. The molecule has 1 aliphatic rings. The molecule has 0 spiro atoms. The Kier molecular flexibility index (Phi) is 5.39. The molecule has 0 aliphatic heterocycles. The Morgan fingerprint density at radius 1 is 1.33 bits per heavy atom. The summed E-state index contributed by atoms with van der Waals surface area (Å²) in [5, 5.41) is 0. The molecule has 3 heteroatoms. The van der Waals surface area contributed by atoms with Gasteiger partial charge < -0.3 is 9.47 Å². The number of hydrogen-bond acceptors (Lipinski definition) is 3. The van der Waals surface area contributed by atoms with E-state index < -0.39 is 12.3 Å². The zero-order valence-corrected chi connectivity index (χ0v) is 12.1. The van der Waals surface area contributed by atoms with Crippen LogP contribution in [-0.4, -0.2) is 17.9 Å². The van der Waals surface area contributed by atoms with Crippen LogP contribution in [0.25, 0.3) is 0 Å². The Hall–Kier alpha value is -0.830. The topological polar surface area (TPSA) is 35.5 Å². The Labute approximate surface area is 111 Å². The van der Waals surface area contributed by atoms with Gasteiger partial charge in [-0.15, -0.1) is 0 Å². The quantitative estimate of drug-likeness (QED) is 0.426. The van der Waals surface area contributed by atoms with Crippen molar-refractivity contribution in [2.75, 3.05) is 0 Å². The number of carbonyl (C=O) groups is 1. The molecule has 3 nitrogen and oxygen atoms in total. The molecule has 0 heterocycles. The second-order valence-electron chi connectivity index (χ2n) is 5.89. The fraction of sp³-hybridized carbons (Fsp3) is 0.800. The van der Waals surface area contributed by atoms with Gasteiger partial charge in [-0.1, -0.05) is 26.3 Å². The first-order chi connectivity index (χ1) is 8.35. The first-order valence-corrected chi connectivity index (χ1v) is 6.86. The van der Waals surface area contributed by atoms with Crippen molar-refractivity contribution in [1.29, 1.82) is 0 Å². The fourth-order valence-corrected chi connectivity index (χ4v) is 2.71. The third kappa shape index (κ3) is 4.45. The number of ether oxygens (including phenoxy) is 2. The highest BCUT2D eigenvalue weighted by Gasteiger charge is 2.34. The number of carbonyl (C=O) groups excluding carboxylic acids is 1. The van der Waals surface area contributed by atoms with E-state index in [1.807, 2.05) is 0 Å². The molecule has 0 aromatic rings. The maximum Gasteiger partial charge on any atom is 0.332 e. The van der Waals surface area contributed by atoms with Crippen molar-refractivity contribution in [3.63, 3.8) is 0 Å². The molecular weight excluding hydrogens is 228 g/mol. The van der Waals surface area contributed by atoms with E-state index in [4.69, 9.17) is 9.47 Å². The van der Waals surface area contributed by atoms with E-state index in [-0.39, 0.29) is 5.60 Å². The highest BCUT2D eigenvalue weighted by molar-refractivity contribution is 5.81. The van der Waals surface area contributed by atoms with E-state index in [1.165, 1.54) is 25.7 Å². The Balaban J connectivity index is 2.47. The minimum absolute atomic E-state index is 0.249. The van der Waals surface area contributed by atoms with E-state index in [2.05, 4.69) is 27.4 Å². The third-order valence-electron chi connectivity index (χ3n) is 3.92. The van der Waals surface area contributed by atoms with Crippen LogP contribution in [0, 0.1) is 11.8 Å². The monoisotopic (exact) mass is 254 g/mol. The molecule has 1 unspecified atom stereocenters. The SMILES string of the molecule is C=CC(=O)OC(C)OC(C)(C)C1CCC(C)CC1. The molecule has 0 amide bonds. The molecule has 0 aromatic carbocycles. The maximum atomic E-state index is 11.1. The summed E-state index contributed by atoms with van der Waals surface area (Å²) < 4.78 is 11.0. The predicted octanol–water partition coefficient (Wildman–Crippen LogP) is 3.68. The fourth-order valence-electron chi connectivity index (χ4n) is 2.71. The van der Waals surface area contributed by atoms with Gasteiger partial charge in [0.1, 0.15) is 0 Å². The standard InChI is InChI=1S/C15H26O3/c1-6-14(16)17-12(3)18-15(4,5)13-9-7-11(2)8-10-13/h6,11-13H,1,7-10H2,2-5H3. The van der Waals surface area contributed by atoms with Crippen molar-refractivity contribution in [2.45, 2.75) is 65.3 Å². The summed E-state index contributed by atoms with van der Waals surface area (Å²) >= 11 is 0. The minimum atomic E-state index is -0.523. The van der Waals surface area contributed by atoms with Crippen molar-refractivity contribution in [2.24, 2.45) is 11.8 Å². The third-order valence-corrected chi connectivity index (χ3v) is 3.92. The van der Waals surface area contributed by atoms with Crippen molar-refractivity contribution in [1.82, 2.24) is 0 Å². The van der Waals surface area contributed by atoms with Crippen molar-refractivity contribution in [3.05, 3.63) is 12.7 Å². The summed E-state index contributed by atoms with van der Waals surface area (Å²) in [6.45, 7) is 11.6. The van der Waals surface area contributed by atoms with Crippen molar-refractivity contribution < 1.29 is 14.3 Å². The first-order valence-electron chi connectivity index (χ1n) is 6.86. The van der Waals surface area contributed by atoms with Gasteiger partial charge in [-0.3, -0.25) is 0 Å². The number of esters is 1.